The van der Waals surface area contributed by atoms with E-state index < -0.39 is 6.17 Å². The van der Waals surface area contributed by atoms with Crippen LogP contribution in [0.4, 0.5) is 11.4 Å². The van der Waals surface area contributed by atoms with Gasteiger partial charge in [0.1, 0.15) is 6.17 Å². The molecule has 22 heavy (non-hydrogen) atoms. The topological polar surface area (TPSA) is 84.3 Å². The maximum absolute atomic E-state index is 12.1. The molecule has 0 unspecified atom stereocenters. The van der Waals surface area contributed by atoms with E-state index in [-0.39, 0.29) is 16.5 Å². The number of hydrogen-bond donors (Lipinski definition) is 2. The van der Waals surface area contributed by atoms with Crippen LogP contribution in [0, 0.1) is 10.1 Å². The van der Waals surface area contributed by atoms with Crippen molar-refractivity contribution in [1.29, 1.82) is 0 Å². The molecule has 112 valence electrons. The van der Waals surface area contributed by atoms with Crippen molar-refractivity contribution >= 4 is 17.3 Å². The van der Waals surface area contributed by atoms with Crippen LogP contribution in [0.1, 0.15) is 34.6 Å². The smallest absolute Gasteiger partial charge is 0.272 e. The summed E-state index contributed by atoms with van der Waals surface area (Å²) >= 11 is 0. The quantitative estimate of drug-likeness (QED) is 0.673. The Kier molecular flexibility index (Phi) is 3.50. The molecule has 0 saturated heterocycles. The molecule has 1 atom stereocenters. The maximum atomic E-state index is 12.1. The highest BCUT2D eigenvalue weighted by Crippen LogP contribution is 2.29. The Hall–Kier alpha value is -2.89. The number of hydrogen-bond acceptors (Lipinski definition) is 4. The summed E-state index contributed by atoms with van der Waals surface area (Å²) in [6, 6.07) is 12.2. The monoisotopic (exact) mass is 297 g/mol. The van der Waals surface area contributed by atoms with Crippen LogP contribution in [-0.2, 0) is 6.42 Å². The third-order valence-electron chi connectivity index (χ3n) is 3.77. The van der Waals surface area contributed by atoms with Crippen LogP contribution in [0.25, 0.3) is 0 Å². The molecule has 2 N–H and O–H groups in total. The molecule has 0 fully saturated rings. The molecule has 6 heteroatoms. The maximum Gasteiger partial charge on any atom is 0.272 e. The molecule has 0 radical (unpaired) electrons. The fraction of sp³-hybridized carbons (Fsp3) is 0.188. The average Bonchev–Trinajstić information content (AvgIpc) is 2.54. The lowest BCUT2D eigenvalue weighted by Gasteiger charge is -2.28. The van der Waals surface area contributed by atoms with Crippen LogP contribution in [0.5, 0.6) is 0 Å². The molecule has 0 bridgehead atoms. The Morgan fingerprint density at radius 3 is 2.68 bits per heavy atom. The summed E-state index contributed by atoms with van der Waals surface area (Å²) in [5.74, 6) is -0.193. The molecule has 0 saturated carbocycles. The van der Waals surface area contributed by atoms with Crippen molar-refractivity contribution in [3.05, 3.63) is 69.3 Å². The summed E-state index contributed by atoms with van der Waals surface area (Å²) in [7, 11) is 0. The van der Waals surface area contributed by atoms with E-state index in [1.807, 2.05) is 19.1 Å². The van der Waals surface area contributed by atoms with Crippen molar-refractivity contribution in [3.63, 3.8) is 0 Å². The van der Waals surface area contributed by atoms with Gasteiger partial charge in [-0.3, -0.25) is 14.9 Å². The second-order valence-electron chi connectivity index (χ2n) is 5.10. The third kappa shape index (κ3) is 2.39. The number of para-hydroxylation sites is 1. The first-order chi connectivity index (χ1) is 10.6. The average molecular weight is 297 g/mol. The molecule has 1 aliphatic heterocycles. The van der Waals surface area contributed by atoms with Gasteiger partial charge in [0.05, 0.1) is 10.5 Å². The van der Waals surface area contributed by atoms with Crippen LogP contribution < -0.4 is 10.6 Å². The van der Waals surface area contributed by atoms with Crippen molar-refractivity contribution in [2.45, 2.75) is 19.5 Å². The molecule has 1 aliphatic rings. The second-order valence-corrected chi connectivity index (χ2v) is 5.10. The highest BCUT2D eigenvalue weighted by atomic mass is 16.6. The first-order valence-corrected chi connectivity index (χ1v) is 7.03. The van der Waals surface area contributed by atoms with Gasteiger partial charge in [0.2, 0.25) is 0 Å². The van der Waals surface area contributed by atoms with E-state index in [1.165, 1.54) is 6.07 Å². The van der Waals surface area contributed by atoms with Crippen LogP contribution in [0.3, 0.4) is 0 Å². The molecule has 2 aromatic carbocycles. The van der Waals surface area contributed by atoms with E-state index in [9.17, 15) is 14.9 Å². The van der Waals surface area contributed by atoms with Crippen molar-refractivity contribution in [2.24, 2.45) is 0 Å². The molecule has 0 spiro atoms. The summed E-state index contributed by atoms with van der Waals surface area (Å²) in [5.41, 5.74) is 2.70. The van der Waals surface area contributed by atoms with E-state index in [2.05, 4.69) is 10.6 Å². The predicted octanol–water partition coefficient (Wildman–Crippen LogP) is 3.01. The van der Waals surface area contributed by atoms with Crippen molar-refractivity contribution in [3.8, 4) is 0 Å². The van der Waals surface area contributed by atoms with Gasteiger partial charge in [-0.2, -0.15) is 0 Å². The van der Waals surface area contributed by atoms with E-state index in [4.69, 9.17) is 0 Å². The molecule has 0 aromatic heterocycles. The summed E-state index contributed by atoms with van der Waals surface area (Å²) in [6.07, 6.45) is 0.108. The lowest BCUT2D eigenvalue weighted by molar-refractivity contribution is -0.385. The number of carbonyl (C=O) groups is 1. The largest absolute Gasteiger partial charge is 0.361 e. The molecule has 3 rings (SSSR count). The Morgan fingerprint density at radius 1 is 1.18 bits per heavy atom. The number of benzene rings is 2. The molecular formula is C16H15N3O3. The Bertz CT molecular complexity index is 758. The number of carbonyl (C=O) groups excluding carboxylic acids is 1. The normalized spacial score (nSPS) is 16.4. The minimum Gasteiger partial charge on any atom is -0.361 e. The second kappa shape index (κ2) is 5.48. The summed E-state index contributed by atoms with van der Waals surface area (Å²) in [4.78, 5) is 22.9. The van der Waals surface area contributed by atoms with Gasteiger partial charge < -0.3 is 10.6 Å². The standard InChI is InChI=1S/C16H15N3O3/c1-2-10-7-8-11(9-14(10)19(21)22)15-17-13-6-4-3-5-12(13)16(20)18-15/h3-9,15,17H,2H2,1H3,(H,18,20)/t15-/m0/s1. The first-order valence-electron chi connectivity index (χ1n) is 7.03. The van der Waals surface area contributed by atoms with Gasteiger partial charge in [0, 0.05) is 22.9 Å². The van der Waals surface area contributed by atoms with Gasteiger partial charge in [-0.05, 0) is 18.6 Å². The van der Waals surface area contributed by atoms with Gasteiger partial charge in [0.25, 0.3) is 11.6 Å². The van der Waals surface area contributed by atoms with Crippen LogP contribution in [0.2, 0.25) is 0 Å². The van der Waals surface area contributed by atoms with Crippen molar-refractivity contribution < 1.29 is 9.72 Å². The minimum atomic E-state index is -0.480. The molecule has 0 aliphatic carbocycles. The van der Waals surface area contributed by atoms with Crippen LogP contribution >= 0.6 is 0 Å². The Morgan fingerprint density at radius 2 is 1.95 bits per heavy atom. The zero-order valence-electron chi connectivity index (χ0n) is 12.0. The summed E-state index contributed by atoms with van der Waals surface area (Å²) in [5, 5.41) is 17.2. The number of nitro benzene ring substituents is 1. The SMILES string of the molecule is CCc1ccc([C@@H]2NC(=O)c3ccccc3N2)cc1[N+](=O)[O-]. The Balaban J connectivity index is 1.98. The minimum absolute atomic E-state index is 0.0786. The third-order valence-corrected chi connectivity index (χ3v) is 3.77. The Labute approximate surface area is 127 Å². The fourth-order valence-electron chi connectivity index (χ4n) is 2.60. The number of aryl methyl sites for hydroxylation is 1. The van der Waals surface area contributed by atoms with Gasteiger partial charge in [-0.1, -0.05) is 31.2 Å². The van der Waals surface area contributed by atoms with Gasteiger partial charge in [-0.15, -0.1) is 0 Å². The fourth-order valence-corrected chi connectivity index (χ4v) is 2.60. The number of anilines is 1. The molecule has 2 aromatic rings. The number of rotatable bonds is 3. The number of nitrogens with one attached hydrogen (secondary N) is 2. The molecule has 1 amide bonds. The zero-order valence-corrected chi connectivity index (χ0v) is 12.0. The summed E-state index contributed by atoms with van der Waals surface area (Å²) in [6.45, 7) is 1.87. The van der Waals surface area contributed by atoms with Gasteiger partial charge in [0.15, 0.2) is 0 Å². The number of nitrogens with zero attached hydrogens (tertiary/aromatic N) is 1. The van der Waals surface area contributed by atoms with Gasteiger partial charge in [-0.25, -0.2) is 0 Å². The van der Waals surface area contributed by atoms with Crippen molar-refractivity contribution in [1.82, 2.24) is 5.32 Å². The molecule has 1 heterocycles. The summed E-state index contributed by atoms with van der Waals surface area (Å²) < 4.78 is 0. The number of fused-ring (bicyclic) bond motifs is 1. The predicted molar refractivity (Wildman–Crippen MR) is 82.7 cm³/mol. The molecule has 6 nitrogen and oxygen atoms in total. The lowest BCUT2D eigenvalue weighted by Crippen LogP contribution is -2.38. The van der Waals surface area contributed by atoms with Crippen LogP contribution in [0.15, 0.2) is 42.5 Å². The number of amides is 1. The lowest BCUT2D eigenvalue weighted by atomic mass is 10.0. The van der Waals surface area contributed by atoms with E-state index in [0.717, 1.165) is 5.69 Å². The number of nitro groups is 1. The highest BCUT2D eigenvalue weighted by molar-refractivity contribution is 6.01. The molecular weight excluding hydrogens is 282 g/mol. The highest BCUT2D eigenvalue weighted by Gasteiger charge is 2.25. The van der Waals surface area contributed by atoms with E-state index in [1.54, 1.807) is 24.3 Å². The van der Waals surface area contributed by atoms with Gasteiger partial charge >= 0.3 is 0 Å². The van der Waals surface area contributed by atoms with Crippen LogP contribution in [-0.4, -0.2) is 10.8 Å². The zero-order chi connectivity index (χ0) is 15.7. The van der Waals surface area contributed by atoms with E-state index in [0.29, 0.717) is 23.1 Å². The first kappa shape index (κ1) is 14.1. The van der Waals surface area contributed by atoms with E-state index >= 15 is 0 Å². The van der Waals surface area contributed by atoms with Crippen molar-refractivity contribution in [2.75, 3.05) is 5.32 Å².